The molecule has 3 heterocycles. The minimum atomic E-state index is 0.488. The highest BCUT2D eigenvalue weighted by atomic mass is 32.1. The molecule has 0 aliphatic carbocycles. The van der Waals surface area contributed by atoms with Gasteiger partial charge in [0, 0.05) is 24.0 Å². The molecule has 0 aliphatic heterocycles. The summed E-state index contributed by atoms with van der Waals surface area (Å²) >= 11 is 1.49. The number of aromatic nitrogens is 5. The topological polar surface area (TPSA) is 82.5 Å². The predicted octanol–water partition coefficient (Wildman–Crippen LogP) is 1.37. The molecule has 0 amide bonds. The summed E-state index contributed by atoms with van der Waals surface area (Å²) in [5.74, 6) is 0.488. The van der Waals surface area contributed by atoms with Crippen LogP contribution in [0.3, 0.4) is 0 Å². The lowest BCUT2D eigenvalue weighted by molar-refractivity contribution is 0.810. The lowest BCUT2D eigenvalue weighted by Gasteiger charge is -1.95. The van der Waals surface area contributed by atoms with E-state index in [0.29, 0.717) is 17.3 Å². The molecule has 0 saturated heterocycles. The average Bonchev–Trinajstić information content (AvgIpc) is 2.99. The molecule has 0 aromatic carbocycles. The Balaban J connectivity index is 2.08. The molecule has 7 heteroatoms. The molecule has 6 nitrogen and oxygen atoms in total. The third-order valence-electron chi connectivity index (χ3n) is 2.13. The van der Waals surface area contributed by atoms with Crippen LogP contribution in [0.25, 0.3) is 16.6 Å². The van der Waals surface area contributed by atoms with Gasteiger partial charge in [0.15, 0.2) is 0 Å². The predicted molar refractivity (Wildman–Crippen MR) is 64.7 cm³/mol. The molecule has 0 atom stereocenters. The van der Waals surface area contributed by atoms with E-state index in [9.17, 15) is 0 Å². The Kier molecular flexibility index (Phi) is 2.30. The van der Waals surface area contributed by atoms with Crippen molar-refractivity contribution in [2.45, 2.75) is 0 Å². The first-order valence-electron chi connectivity index (χ1n) is 4.87. The Labute approximate surface area is 101 Å². The minimum Gasteiger partial charge on any atom is -0.396 e. The summed E-state index contributed by atoms with van der Waals surface area (Å²) in [6, 6.07) is 1.75. The van der Waals surface area contributed by atoms with Gasteiger partial charge in [-0.1, -0.05) is 0 Å². The van der Waals surface area contributed by atoms with Gasteiger partial charge in [0.2, 0.25) is 0 Å². The van der Waals surface area contributed by atoms with E-state index in [-0.39, 0.29) is 0 Å². The van der Waals surface area contributed by atoms with Gasteiger partial charge in [-0.3, -0.25) is 0 Å². The second-order valence-corrected chi connectivity index (χ2v) is 4.16. The summed E-state index contributed by atoms with van der Waals surface area (Å²) in [6.07, 6.45) is 6.72. The maximum absolute atomic E-state index is 5.90. The van der Waals surface area contributed by atoms with Crippen molar-refractivity contribution in [1.82, 2.24) is 24.7 Å². The number of hydrogen-bond donors (Lipinski definition) is 1. The summed E-state index contributed by atoms with van der Waals surface area (Å²) in [6.45, 7) is 0. The maximum atomic E-state index is 5.90. The first-order valence-corrected chi connectivity index (χ1v) is 5.75. The Morgan fingerprint density at radius 3 is 2.65 bits per heavy atom. The summed E-state index contributed by atoms with van der Waals surface area (Å²) in [5.41, 5.74) is 7.12. The zero-order chi connectivity index (χ0) is 11.7. The van der Waals surface area contributed by atoms with Crippen molar-refractivity contribution in [1.29, 1.82) is 0 Å². The van der Waals surface area contributed by atoms with Gasteiger partial charge in [0.05, 0.1) is 11.9 Å². The van der Waals surface area contributed by atoms with Gasteiger partial charge < -0.3 is 5.73 Å². The molecule has 3 rings (SSSR count). The van der Waals surface area contributed by atoms with Crippen molar-refractivity contribution in [2.24, 2.45) is 0 Å². The quantitative estimate of drug-likeness (QED) is 0.736. The van der Waals surface area contributed by atoms with Gasteiger partial charge in [0.25, 0.3) is 5.95 Å². The first kappa shape index (κ1) is 9.91. The SMILES string of the molecule is Nc1cn(-c2ncccn2)nc1-c1nccs1. The molecular formula is C10H8N6S. The zero-order valence-electron chi connectivity index (χ0n) is 8.69. The third-order valence-corrected chi connectivity index (χ3v) is 2.91. The highest BCUT2D eigenvalue weighted by Gasteiger charge is 2.12. The lowest BCUT2D eigenvalue weighted by Crippen LogP contribution is -2.00. The fourth-order valence-corrected chi connectivity index (χ4v) is 2.05. The van der Waals surface area contributed by atoms with Gasteiger partial charge in [0.1, 0.15) is 10.7 Å². The number of hydrogen-bond acceptors (Lipinski definition) is 6. The normalized spacial score (nSPS) is 10.6. The summed E-state index contributed by atoms with van der Waals surface area (Å²) in [7, 11) is 0. The second-order valence-electron chi connectivity index (χ2n) is 3.26. The van der Waals surface area contributed by atoms with E-state index in [1.54, 1.807) is 35.5 Å². The van der Waals surface area contributed by atoms with E-state index in [1.165, 1.54) is 11.3 Å². The smallest absolute Gasteiger partial charge is 0.250 e. The lowest BCUT2D eigenvalue weighted by atomic mass is 10.4. The van der Waals surface area contributed by atoms with Crippen LogP contribution in [-0.2, 0) is 0 Å². The summed E-state index contributed by atoms with van der Waals surface area (Å²) < 4.78 is 1.55. The maximum Gasteiger partial charge on any atom is 0.250 e. The van der Waals surface area contributed by atoms with Crippen LogP contribution in [-0.4, -0.2) is 24.7 Å². The molecule has 0 spiro atoms. The molecule has 0 saturated carbocycles. The summed E-state index contributed by atoms with van der Waals surface area (Å²) in [5, 5.41) is 7.01. The Bertz CT molecular complexity index is 616. The second kappa shape index (κ2) is 3.95. The van der Waals surface area contributed by atoms with Crippen molar-refractivity contribution in [3.8, 4) is 16.6 Å². The molecule has 84 valence electrons. The van der Waals surface area contributed by atoms with Crippen LogP contribution in [0.5, 0.6) is 0 Å². The van der Waals surface area contributed by atoms with Gasteiger partial charge >= 0.3 is 0 Å². The van der Waals surface area contributed by atoms with Crippen LogP contribution in [0, 0.1) is 0 Å². The van der Waals surface area contributed by atoms with Gasteiger partial charge in [-0.25, -0.2) is 19.6 Å². The van der Waals surface area contributed by atoms with E-state index >= 15 is 0 Å². The standard InChI is InChI=1S/C10H8N6S/c11-7-6-16(10-13-2-1-3-14-10)15-8(7)9-12-4-5-17-9/h1-6H,11H2. The number of nitrogens with two attached hydrogens (primary N) is 1. The monoisotopic (exact) mass is 244 g/mol. The van der Waals surface area contributed by atoms with Crippen LogP contribution in [0.4, 0.5) is 5.69 Å². The molecule has 0 fully saturated rings. The largest absolute Gasteiger partial charge is 0.396 e. The zero-order valence-corrected chi connectivity index (χ0v) is 9.50. The molecule has 3 aromatic heterocycles. The highest BCUT2D eigenvalue weighted by molar-refractivity contribution is 7.13. The van der Waals surface area contributed by atoms with Crippen molar-refractivity contribution in [2.75, 3.05) is 5.73 Å². The van der Waals surface area contributed by atoms with Crippen LogP contribution >= 0.6 is 11.3 Å². The number of thiazole rings is 1. The van der Waals surface area contributed by atoms with E-state index < -0.39 is 0 Å². The summed E-state index contributed by atoms with van der Waals surface area (Å²) in [4.78, 5) is 12.4. The van der Waals surface area contributed by atoms with Crippen molar-refractivity contribution in [3.63, 3.8) is 0 Å². The van der Waals surface area contributed by atoms with Gasteiger partial charge in [-0.2, -0.15) is 5.10 Å². The van der Waals surface area contributed by atoms with E-state index in [0.717, 1.165) is 5.01 Å². The van der Waals surface area contributed by atoms with Crippen molar-refractivity contribution in [3.05, 3.63) is 36.2 Å². The molecule has 0 radical (unpaired) electrons. The Morgan fingerprint density at radius 2 is 1.94 bits per heavy atom. The molecule has 17 heavy (non-hydrogen) atoms. The van der Waals surface area contributed by atoms with Crippen molar-refractivity contribution >= 4 is 17.0 Å². The minimum absolute atomic E-state index is 0.488. The molecular weight excluding hydrogens is 236 g/mol. The molecule has 0 aliphatic rings. The molecule has 2 N–H and O–H groups in total. The number of anilines is 1. The Morgan fingerprint density at radius 1 is 1.12 bits per heavy atom. The highest BCUT2D eigenvalue weighted by Crippen LogP contribution is 2.26. The fourth-order valence-electron chi connectivity index (χ4n) is 1.41. The Hall–Kier alpha value is -2.28. The van der Waals surface area contributed by atoms with Gasteiger partial charge in [-0.15, -0.1) is 11.3 Å². The average molecular weight is 244 g/mol. The number of rotatable bonds is 2. The van der Waals surface area contributed by atoms with Crippen LogP contribution in [0.1, 0.15) is 0 Å². The first-order chi connectivity index (χ1) is 8.34. The van der Waals surface area contributed by atoms with E-state index in [2.05, 4.69) is 20.1 Å². The molecule has 0 unspecified atom stereocenters. The van der Waals surface area contributed by atoms with Crippen LogP contribution < -0.4 is 5.73 Å². The van der Waals surface area contributed by atoms with E-state index in [1.807, 2.05) is 5.38 Å². The molecule has 0 bridgehead atoms. The van der Waals surface area contributed by atoms with Crippen LogP contribution in [0.15, 0.2) is 36.2 Å². The fraction of sp³-hybridized carbons (Fsp3) is 0. The van der Waals surface area contributed by atoms with E-state index in [4.69, 9.17) is 5.73 Å². The third kappa shape index (κ3) is 1.76. The number of nitrogens with zero attached hydrogens (tertiary/aromatic N) is 5. The van der Waals surface area contributed by atoms with Crippen LogP contribution in [0.2, 0.25) is 0 Å². The van der Waals surface area contributed by atoms with Gasteiger partial charge in [-0.05, 0) is 6.07 Å². The molecule has 3 aromatic rings. The number of nitrogen functional groups attached to an aromatic ring is 1. The van der Waals surface area contributed by atoms with Crippen molar-refractivity contribution < 1.29 is 0 Å².